The highest BCUT2D eigenvalue weighted by atomic mass is 16.5. The van der Waals surface area contributed by atoms with Gasteiger partial charge in [-0.3, -0.25) is 13.9 Å². The maximum atomic E-state index is 13.0. The van der Waals surface area contributed by atoms with Crippen LogP contribution in [0.3, 0.4) is 0 Å². The number of anilines is 2. The molecule has 2 aromatic heterocycles. The number of nitrogens with zero attached hydrogens (tertiary/aromatic N) is 4. The van der Waals surface area contributed by atoms with Crippen molar-refractivity contribution in [2.45, 2.75) is 19.6 Å². The van der Waals surface area contributed by atoms with Crippen molar-refractivity contribution in [1.82, 2.24) is 18.7 Å². The van der Waals surface area contributed by atoms with Crippen molar-refractivity contribution in [2.75, 3.05) is 19.0 Å². The van der Waals surface area contributed by atoms with Crippen molar-refractivity contribution in [3.63, 3.8) is 0 Å². The van der Waals surface area contributed by atoms with Crippen LogP contribution in [0.1, 0.15) is 5.56 Å². The molecule has 0 radical (unpaired) electrons. The molecule has 0 saturated carbocycles. The number of aliphatic hydroxyl groups is 1. The second kappa shape index (κ2) is 9.44. The van der Waals surface area contributed by atoms with Crippen LogP contribution in [0.25, 0.3) is 11.2 Å². The Bertz CT molecular complexity index is 1440. The van der Waals surface area contributed by atoms with Gasteiger partial charge in [0.2, 0.25) is 5.95 Å². The standard InChI is InChI=1S/C24H27N5O5/c1-15-6-5-7-16(12-15)25-23-26-21-20(22(31)28(3)24(32)27(21)2)29(23)13-17(30)14-34-19-10-8-18(33-4)9-11-19/h5-12,17,30H,13-14H2,1-4H3,(H,25,26)/t17-/m0/s1. The third-order valence-electron chi connectivity index (χ3n) is 5.52. The van der Waals surface area contributed by atoms with E-state index in [9.17, 15) is 14.7 Å². The molecule has 10 heteroatoms. The fourth-order valence-corrected chi connectivity index (χ4v) is 3.70. The van der Waals surface area contributed by atoms with Gasteiger partial charge in [0.05, 0.1) is 13.7 Å². The Labute approximate surface area is 195 Å². The number of hydrogen-bond donors (Lipinski definition) is 2. The van der Waals surface area contributed by atoms with E-state index in [0.29, 0.717) is 17.4 Å². The van der Waals surface area contributed by atoms with Gasteiger partial charge in [-0.1, -0.05) is 12.1 Å². The largest absolute Gasteiger partial charge is 0.497 e. The molecule has 2 aromatic carbocycles. The summed E-state index contributed by atoms with van der Waals surface area (Å²) in [7, 11) is 4.55. The van der Waals surface area contributed by atoms with Crippen molar-refractivity contribution in [3.05, 3.63) is 74.9 Å². The number of rotatable bonds is 8. The Morgan fingerprint density at radius 3 is 2.44 bits per heavy atom. The summed E-state index contributed by atoms with van der Waals surface area (Å²) in [6.07, 6.45) is -0.959. The number of ether oxygens (including phenoxy) is 2. The maximum Gasteiger partial charge on any atom is 0.332 e. The zero-order valence-electron chi connectivity index (χ0n) is 19.5. The van der Waals surface area contributed by atoms with Crippen molar-refractivity contribution in [3.8, 4) is 11.5 Å². The Morgan fingerprint density at radius 1 is 1.06 bits per heavy atom. The normalized spacial score (nSPS) is 12.0. The molecule has 2 heterocycles. The highest BCUT2D eigenvalue weighted by Gasteiger charge is 2.21. The van der Waals surface area contributed by atoms with Crippen molar-refractivity contribution < 1.29 is 14.6 Å². The summed E-state index contributed by atoms with van der Waals surface area (Å²) < 4.78 is 14.8. The van der Waals surface area contributed by atoms with E-state index >= 15 is 0 Å². The van der Waals surface area contributed by atoms with Crippen LogP contribution < -0.4 is 26.0 Å². The molecule has 0 aliphatic carbocycles. The third-order valence-corrected chi connectivity index (χ3v) is 5.52. The zero-order valence-corrected chi connectivity index (χ0v) is 19.5. The fourth-order valence-electron chi connectivity index (χ4n) is 3.70. The number of imidazole rings is 1. The summed E-state index contributed by atoms with van der Waals surface area (Å²) >= 11 is 0. The molecule has 0 aliphatic rings. The molecule has 10 nitrogen and oxygen atoms in total. The Morgan fingerprint density at radius 2 is 1.76 bits per heavy atom. The van der Waals surface area contributed by atoms with Gasteiger partial charge < -0.3 is 24.5 Å². The van der Waals surface area contributed by atoms with Gasteiger partial charge in [0.1, 0.15) is 24.2 Å². The lowest BCUT2D eigenvalue weighted by atomic mass is 10.2. The molecule has 0 amide bonds. The predicted molar refractivity (Wildman–Crippen MR) is 129 cm³/mol. The Hall–Kier alpha value is -4.05. The minimum atomic E-state index is -0.959. The van der Waals surface area contributed by atoms with E-state index in [0.717, 1.165) is 15.8 Å². The lowest BCUT2D eigenvalue weighted by Gasteiger charge is -2.16. The summed E-state index contributed by atoms with van der Waals surface area (Å²) in [5, 5.41) is 14.0. The lowest BCUT2D eigenvalue weighted by molar-refractivity contribution is 0.0938. The zero-order chi connectivity index (χ0) is 24.4. The Kier molecular flexibility index (Phi) is 6.42. The summed E-state index contributed by atoms with van der Waals surface area (Å²) in [4.78, 5) is 30.0. The molecule has 0 aliphatic heterocycles. The number of fused-ring (bicyclic) bond motifs is 1. The van der Waals surface area contributed by atoms with Crippen LogP contribution in [0.2, 0.25) is 0 Å². The van der Waals surface area contributed by atoms with E-state index in [2.05, 4.69) is 10.3 Å². The quantitative estimate of drug-likeness (QED) is 0.409. The van der Waals surface area contributed by atoms with Gasteiger partial charge >= 0.3 is 5.69 Å². The molecule has 1 atom stereocenters. The highest BCUT2D eigenvalue weighted by Crippen LogP contribution is 2.22. The number of aliphatic hydroxyl groups excluding tert-OH is 1. The van der Waals surface area contributed by atoms with E-state index in [1.807, 2.05) is 31.2 Å². The minimum Gasteiger partial charge on any atom is -0.497 e. The molecule has 4 rings (SSSR count). The fraction of sp³-hybridized carbons (Fsp3) is 0.292. The number of aromatic nitrogens is 4. The topological polar surface area (TPSA) is 113 Å². The number of hydrogen-bond acceptors (Lipinski definition) is 7. The van der Waals surface area contributed by atoms with Gasteiger partial charge in [0.15, 0.2) is 11.2 Å². The lowest BCUT2D eigenvalue weighted by Crippen LogP contribution is -2.38. The second-order valence-corrected chi connectivity index (χ2v) is 8.06. The van der Waals surface area contributed by atoms with Crippen LogP contribution in [0.5, 0.6) is 11.5 Å². The third kappa shape index (κ3) is 4.53. The van der Waals surface area contributed by atoms with Crippen molar-refractivity contribution >= 4 is 22.8 Å². The minimum absolute atomic E-state index is 0.0119. The molecule has 2 N–H and O–H groups in total. The van der Waals surface area contributed by atoms with Gasteiger partial charge in [-0.25, -0.2) is 4.79 Å². The monoisotopic (exact) mass is 465 g/mol. The molecule has 4 aromatic rings. The van der Waals surface area contributed by atoms with Gasteiger partial charge in [0.25, 0.3) is 5.56 Å². The predicted octanol–water partition coefficient (Wildman–Crippen LogP) is 1.93. The molecular weight excluding hydrogens is 438 g/mol. The summed E-state index contributed by atoms with van der Waals surface area (Å²) in [6.45, 7) is 1.98. The number of methoxy groups -OCH3 is 1. The first-order valence-corrected chi connectivity index (χ1v) is 10.7. The van der Waals surface area contributed by atoms with Gasteiger partial charge in [-0.05, 0) is 48.9 Å². The van der Waals surface area contributed by atoms with E-state index in [4.69, 9.17) is 9.47 Å². The summed E-state index contributed by atoms with van der Waals surface area (Å²) in [5.41, 5.74) is 1.28. The Balaban J connectivity index is 1.68. The van der Waals surface area contributed by atoms with Crippen LogP contribution in [0.4, 0.5) is 11.6 Å². The average Bonchev–Trinajstić information content (AvgIpc) is 3.18. The van der Waals surface area contributed by atoms with Crippen molar-refractivity contribution in [1.29, 1.82) is 0 Å². The second-order valence-electron chi connectivity index (χ2n) is 8.06. The molecule has 34 heavy (non-hydrogen) atoms. The molecule has 0 fully saturated rings. The van der Waals surface area contributed by atoms with E-state index in [-0.39, 0.29) is 24.3 Å². The first-order valence-electron chi connectivity index (χ1n) is 10.7. The van der Waals surface area contributed by atoms with E-state index < -0.39 is 17.4 Å². The first kappa shape index (κ1) is 23.1. The molecule has 178 valence electrons. The number of benzene rings is 2. The highest BCUT2D eigenvalue weighted by molar-refractivity contribution is 5.75. The molecular formula is C24H27N5O5. The van der Waals surface area contributed by atoms with E-state index in [1.54, 1.807) is 43.0 Å². The van der Waals surface area contributed by atoms with Gasteiger partial charge in [0, 0.05) is 19.8 Å². The molecule has 0 bridgehead atoms. The summed E-state index contributed by atoms with van der Waals surface area (Å²) in [6, 6.07) is 14.7. The van der Waals surface area contributed by atoms with E-state index in [1.165, 1.54) is 11.6 Å². The van der Waals surface area contributed by atoms with Crippen LogP contribution in [-0.2, 0) is 20.6 Å². The SMILES string of the molecule is COc1ccc(OC[C@@H](O)Cn2c(Nc3cccc(C)c3)nc3c2c(=O)n(C)c(=O)n3C)cc1. The van der Waals surface area contributed by atoms with Crippen molar-refractivity contribution in [2.24, 2.45) is 14.1 Å². The average molecular weight is 466 g/mol. The smallest absolute Gasteiger partial charge is 0.332 e. The molecule has 0 saturated heterocycles. The number of nitrogens with one attached hydrogen (secondary N) is 1. The van der Waals surface area contributed by atoms with Crippen LogP contribution >= 0.6 is 0 Å². The van der Waals surface area contributed by atoms with Crippen LogP contribution in [0.15, 0.2) is 58.1 Å². The molecule has 0 unspecified atom stereocenters. The van der Waals surface area contributed by atoms with Gasteiger partial charge in [-0.2, -0.15) is 4.98 Å². The van der Waals surface area contributed by atoms with Crippen LogP contribution in [0, 0.1) is 6.92 Å². The maximum absolute atomic E-state index is 13.0. The summed E-state index contributed by atoms with van der Waals surface area (Å²) in [5.74, 6) is 1.61. The first-order chi connectivity index (χ1) is 16.3. The van der Waals surface area contributed by atoms with Crippen LogP contribution in [-0.4, -0.2) is 43.6 Å². The van der Waals surface area contributed by atoms with Gasteiger partial charge in [-0.15, -0.1) is 0 Å². The number of aryl methyl sites for hydroxylation is 2. The molecule has 0 spiro atoms.